The summed E-state index contributed by atoms with van der Waals surface area (Å²) in [6.07, 6.45) is 1.51. The lowest BCUT2D eigenvalue weighted by molar-refractivity contribution is 0.0203. The Morgan fingerprint density at radius 2 is 1.96 bits per heavy atom. The molecule has 0 spiro atoms. The van der Waals surface area contributed by atoms with Crippen LogP contribution >= 0.6 is 31.9 Å². The van der Waals surface area contributed by atoms with Gasteiger partial charge in [-0.15, -0.1) is 0 Å². The zero-order chi connectivity index (χ0) is 20.4. The number of likely N-dealkylation sites (tertiary alicyclic amines) is 1. The van der Waals surface area contributed by atoms with Crippen molar-refractivity contribution in [3.63, 3.8) is 0 Å². The number of carbonyl (C=O) groups excluding carboxylic acids is 1. The first kappa shape index (κ1) is 22.9. The first-order chi connectivity index (χ1) is 12.4. The summed E-state index contributed by atoms with van der Waals surface area (Å²) < 4.78 is 15.1. The van der Waals surface area contributed by atoms with Gasteiger partial charge in [-0.05, 0) is 71.5 Å². The summed E-state index contributed by atoms with van der Waals surface area (Å²) in [5.74, 6) is 0.824. The molecule has 0 bridgehead atoms. The number of carbonyl (C=O) groups is 1. The second kappa shape index (κ2) is 8.96. The Bertz CT molecular complexity index is 668. The standard InChI is InChI=1S/C18H31Br2N3O3Si/c1-18(2,3)26-17(24)22-9-7-8-13(22)16-21-14(19)15(20)23(16)12-25-10-11-27(4,5)6/h13H,7-12H2,1-6H3. The van der Waals surface area contributed by atoms with Crippen molar-refractivity contribution in [1.82, 2.24) is 14.5 Å². The normalized spacial score (nSPS) is 18.2. The first-order valence-electron chi connectivity index (χ1n) is 9.38. The number of nitrogens with zero attached hydrogens (tertiary/aromatic N) is 3. The molecule has 0 radical (unpaired) electrons. The average molecular weight is 525 g/mol. The van der Waals surface area contributed by atoms with Gasteiger partial charge in [0.15, 0.2) is 0 Å². The molecular weight excluding hydrogens is 494 g/mol. The van der Waals surface area contributed by atoms with Crippen LogP contribution in [0.15, 0.2) is 9.21 Å². The summed E-state index contributed by atoms with van der Waals surface area (Å²) in [4.78, 5) is 19.1. The van der Waals surface area contributed by atoms with Gasteiger partial charge in [0, 0.05) is 21.2 Å². The highest BCUT2D eigenvalue weighted by Crippen LogP contribution is 2.36. The molecule has 1 aliphatic rings. The van der Waals surface area contributed by atoms with Gasteiger partial charge in [-0.25, -0.2) is 9.78 Å². The number of hydrogen-bond donors (Lipinski definition) is 0. The maximum Gasteiger partial charge on any atom is 0.410 e. The number of ether oxygens (including phenoxy) is 2. The molecule has 0 N–H and O–H groups in total. The topological polar surface area (TPSA) is 56.6 Å². The Morgan fingerprint density at radius 1 is 1.30 bits per heavy atom. The zero-order valence-electron chi connectivity index (χ0n) is 17.1. The van der Waals surface area contributed by atoms with Crippen molar-refractivity contribution in [3.05, 3.63) is 15.0 Å². The van der Waals surface area contributed by atoms with Gasteiger partial charge in [-0.3, -0.25) is 9.47 Å². The molecule has 1 aromatic heterocycles. The third kappa shape index (κ3) is 6.57. The van der Waals surface area contributed by atoms with Gasteiger partial charge in [0.05, 0.1) is 6.04 Å². The van der Waals surface area contributed by atoms with E-state index in [2.05, 4.69) is 56.5 Å². The molecule has 2 rings (SSSR count). The van der Waals surface area contributed by atoms with E-state index in [-0.39, 0.29) is 12.1 Å². The van der Waals surface area contributed by atoms with E-state index in [0.717, 1.165) is 40.5 Å². The zero-order valence-corrected chi connectivity index (χ0v) is 21.3. The molecule has 0 saturated carbocycles. The molecule has 0 aromatic carbocycles. The van der Waals surface area contributed by atoms with Crippen molar-refractivity contribution in [3.8, 4) is 0 Å². The first-order valence-corrected chi connectivity index (χ1v) is 14.7. The Hall–Kier alpha value is -0.383. The number of halogens is 2. The Kier molecular flexibility index (Phi) is 7.60. The molecule has 1 aromatic rings. The van der Waals surface area contributed by atoms with Gasteiger partial charge in [0.1, 0.15) is 27.4 Å². The molecule has 1 aliphatic heterocycles. The molecule has 1 atom stereocenters. The van der Waals surface area contributed by atoms with Gasteiger partial charge in [0.2, 0.25) is 0 Å². The molecule has 2 heterocycles. The van der Waals surface area contributed by atoms with Crippen molar-refractivity contribution in [2.45, 2.75) is 77.7 Å². The number of hydrogen-bond acceptors (Lipinski definition) is 4. The molecule has 1 saturated heterocycles. The third-order valence-electron chi connectivity index (χ3n) is 4.29. The summed E-state index contributed by atoms with van der Waals surface area (Å²) in [6, 6.07) is 1.01. The van der Waals surface area contributed by atoms with Crippen LogP contribution in [0.2, 0.25) is 25.7 Å². The number of aromatic nitrogens is 2. The van der Waals surface area contributed by atoms with Crippen LogP contribution in [0.4, 0.5) is 4.79 Å². The third-order valence-corrected chi connectivity index (χ3v) is 7.88. The van der Waals surface area contributed by atoms with E-state index in [1.54, 1.807) is 4.90 Å². The molecule has 1 fully saturated rings. The van der Waals surface area contributed by atoms with Gasteiger partial charge in [-0.1, -0.05) is 19.6 Å². The second-order valence-corrected chi connectivity index (χ2v) is 16.3. The maximum atomic E-state index is 12.6. The quantitative estimate of drug-likeness (QED) is 0.349. The van der Waals surface area contributed by atoms with Gasteiger partial charge < -0.3 is 9.47 Å². The molecule has 6 nitrogen and oxygen atoms in total. The fraction of sp³-hybridized carbons (Fsp3) is 0.778. The molecule has 1 amide bonds. The Labute approximate surface area is 180 Å². The van der Waals surface area contributed by atoms with Crippen LogP contribution in [0.1, 0.15) is 45.5 Å². The number of rotatable bonds is 6. The monoisotopic (exact) mass is 523 g/mol. The lowest BCUT2D eigenvalue weighted by atomic mass is 10.2. The van der Waals surface area contributed by atoms with E-state index in [0.29, 0.717) is 13.3 Å². The van der Waals surface area contributed by atoms with Gasteiger partial charge in [0.25, 0.3) is 0 Å². The molecule has 0 aliphatic carbocycles. The SMILES string of the molecule is CC(C)(C)OC(=O)N1CCCC1c1nc(Br)c(Br)n1COCC[Si](C)(C)C. The van der Waals surface area contributed by atoms with E-state index in [4.69, 9.17) is 9.47 Å². The lowest BCUT2D eigenvalue weighted by Gasteiger charge is -2.28. The highest BCUT2D eigenvalue weighted by Gasteiger charge is 2.36. The van der Waals surface area contributed by atoms with Crippen molar-refractivity contribution >= 4 is 46.0 Å². The summed E-state index contributed by atoms with van der Waals surface area (Å²) in [5.41, 5.74) is -0.513. The highest BCUT2D eigenvalue weighted by atomic mass is 79.9. The van der Waals surface area contributed by atoms with Crippen LogP contribution in [0.5, 0.6) is 0 Å². The molecule has 27 heavy (non-hydrogen) atoms. The Balaban J connectivity index is 2.14. The lowest BCUT2D eigenvalue weighted by Crippen LogP contribution is -2.37. The minimum absolute atomic E-state index is 0.108. The maximum absolute atomic E-state index is 12.6. The predicted molar refractivity (Wildman–Crippen MR) is 117 cm³/mol. The van der Waals surface area contributed by atoms with Crippen molar-refractivity contribution < 1.29 is 14.3 Å². The molecule has 9 heteroatoms. The van der Waals surface area contributed by atoms with Crippen LogP contribution < -0.4 is 0 Å². The number of amides is 1. The largest absolute Gasteiger partial charge is 0.444 e. The number of imidazole rings is 1. The molecular formula is C18H31Br2N3O3Si. The predicted octanol–water partition coefficient (Wildman–Crippen LogP) is 5.79. The van der Waals surface area contributed by atoms with Crippen molar-refractivity contribution in [2.75, 3.05) is 13.2 Å². The summed E-state index contributed by atoms with van der Waals surface area (Å²) >= 11 is 7.09. The van der Waals surface area contributed by atoms with Gasteiger partial charge in [-0.2, -0.15) is 0 Å². The minimum Gasteiger partial charge on any atom is -0.444 e. The summed E-state index contributed by atoms with van der Waals surface area (Å²) in [7, 11) is -1.13. The van der Waals surface area contributed by atoms with Crippen LogP contribution in [-0.4, -0.2) is 47.4 Å². The fourth-order valence-corrected chi connectivity index (χ4v) is 4.43. The molecule has 1 unspecified atom stereocenters. The second-order valence-electron chi connectivity index (χ2n) is 9.16. The fourth-order valence-electron chi connectivity index (χ4n) is 2.90. The van der Waals surface area contributed by atoms with Crippen LogP contribution in [0.25, 0.3) is 0 Å². The highest BCUT2D eigenvalue weighted by molar-refractivity contribution is 9.13. The van der Waals surface area contributed by atoms with Gasteiger partial charge >= 0.3 is 6.09 Å². The average Bonchev–Trinajstić information content (AvgIpc) is 3.08. The molecule has 154 valence electrons. The van der Waals surface area contributed by atoms with E-state index < -0.39 is 13.7 Å². The van der Waals surface area contributed by atoms with E-state index in [9.17, 15) is 4.79 Å². The van der Waals surface area contributed by atoms with E-state index >= 15 is 0 Å². The van der Waals surface area contributed by atoms with E-state index in [1.807, 2.05) is 25.3 Å². The van der Waals surface area contributed by atoms with Crippen LogP contribution in [-0.2, 0) is 16.2 Å². The van der Waals surface area contributed by atoms with Crippen molar-refractivity contribution in [2.24, 2.45) is 0 Å². The van der Waals surface area contributed by atoms with Crippen LogP contribution in [0.3, 0.4) is 0 Å². The smallest absolute Gasteiger partial charge is 0.410 e. The van der Waals surface area contributed by atoms with Crippen molar-refractivity contribution in [1.29, 1.82) is 0 Å². The summed E-state index contributed by atoms with van der Waals surface area (Å²) in [6.45, 7) is 14.5. The van der Waals surface area contributed by atoms with Crippen LogP contribution in [0, 0.1) is 0 Å². The Morgan fingerprint density at radius 3 is 2.56 bits per heavy atom. The minimum atomic E-state index is -1.13. The van der Waals surface area contributed by atoms with E-state index in [1.165, 1.54) is 0 Å². The summed E-state index contributed by atoms with van der Waals surface area (Å²) in [5, 5.41) is 0.